The van der Waals surface area contributed by atoms with E-state index in [2.05, 4.69) is 170 Å². The Bertz CT molecular complexity index is 2820. The van der Waals surface area contributed by atoms with Crippen LogP contribution in [-0.2, 0) is 5.41 Å². The Labute approximate surface area is 298 Å². The van der Waals surface area contributed by atoms with Crippen LogP contribution in [0.25, 0.3) is 87.5 Å². The lowest BCUT2D eigenvalue weighted by Gasteiger charge is -2.23. The highest BCUT2D eigenvalue weighted by atomic mass is 15.0. The zero-order valence-electron chi connectivity index (χ0n) is 29.2. The second-order valence-corrected chi connectivity index (χ2v) is 15.2. The number of benzene rings is 7. The van der Waals surface area contributed by atoms with Gasteiger partial charge in [0.2, 0.25) is 0 Å². The molecule has 1 unspecified atom stereocenters. The van der Waals surface area contributed by atoms with E-state index in [4.69, 9.17) is 0 Å². The molecule has 0 N–H and O–H groups in total. The molecule has 0 spiro atoms. The Morgan fingerprint density at radius 3 is 1.98 bits per heavy atom. The first-order valence-corrected chi connectivity index (χ1v) is 18.1. The summed E-state index contributed by atoms with van der Waals surface area (Å²) < 4.78 is 2.53. The van der Waals surface area contributed by atoms with Crippen LogP contribution >= 0.6 is 0 Å². The fourth-order valence-corrected chi connectivity index (χ4v) is 8.49. The number of fused-ring (bicyclic) bond motifs is 3. The van der Waals surface area contributed by atoms with Gasteiger partial charge in [-0.05, 0) is 113 Å². The van der Waals surface area contributed by atoms with Crippen molar-refractivity contribution in [3.63, 3.8) is 0 Å². The third kappa shape index (κ3) is 4.74. The first kappa shape index (κ1) is 29.9. The van der Waals surface area contributed by atoms with Gasteiger partial charge in [-0.3, -0.25) is 4.98 Å². The monoisotopic (exact) mass is 654 g/mol. The van der Waals surface area contributed by atoms with Crippen LogP contribution in [0.4, 0.5) is 0 Å². The molecule has 2 heteroatoms. The average molecular weight is 655 g/mol. The largest absolute Gasteiger partial charge is 0.333 e. The van der Waals surface area contributed by atoms with Crippen LogP contribution in [0.5, 0.6) is 0 Å². The van der Waals surface area contributed by atoms with E-state index in [1.54, 1.807) is 0 Å². The predicted molar refractivity (Wildman–Crippen MR) is 218 cm³/mol. The van der Waals surface area contributed by atoms with Gasteiger partial charge in [-0.1, -0.05) is 136 Å². The maximum absolute atomic E-state index is 4.36. The SMILES string of the molecule is CC(C)(C)c1cc2ccc3c(-c4ccc(-c5cccnc5)cc4)cc(-c4ccc5c(c4)c4ccccc4n5C4C=CC=CC4)c4ccc(c1)c2c34. The molecule has 0 radical (unpaired) electrons. The summed E-state index contributed by atoms with van der Waals surface area (Å²) in [6, 6.07) is 46.1. The summed E-state index contributed by atoms with van der Waals surface area (Å²) in [6.07, 6.45) is 13.7. The first-order valence-electron chi connectivity index (χ1n) is 18.1. The summed E-state index contributed by atoms with van der Waals surface area (Å²) in [5.41, 5.74) is 11.3. The lowest BCUT2D eigenvalue weighted by Crippen LogP contribution is -2.10. The van der Waals surface area contributed by atoms with Gasteiger partial charge in [-0.2, -0.15) is 0 Å². The number of hydrogen-bond donors (Lipinski definition) is 0. The molecule has 10 rings (SSSR count). The molecule has 1 aliphatic carbocycles. The minimum atomic E-state index is 0.0646. The molecule has 7 aromatic carbocycles. The highest BCUT2D eigenvalue weighted by molar-refractivity contribution is 6.28. The Balaban J connectivity index is 1.25. The zero-order valence-corrected chi connectivity index (χ0v) is 29.2. The number of rotatable bonds is 4. The van der Waals surface area contributed by atoms with Crippen molar-refractivity contribution in [1.82, 2.24) is 9.55 Å². The van der Waals surface area contributed by atoms with Gasteiger partial charge in [-0.15, -0.1) is 0 Å². The predicted octanol–water partition coefficient (Wildman–Crippen LogP) is 13.4. The highest BCUT2D eigenvalue weighted by Gasteiger charge is 2.22. The van der Waals surface area contributed by atoms with Crippen molar-refractivity contribution < 1.29 is 0 Å². The quantitative estimate of drug-likeness (QED) is 0.173. The fraction of sp³-hybridized carbons (Fsp3) is 0.122. The molecule has 9 aromatic rings. The van der Waals surface area contributed by atoms with Gasteiger partial charge in [0.25, 0.3) is 0 Å². The summed E-state index contributed by atoms with van der Waals surface area (Å²) in [4.78, 5) is 4.36. The van der Waals surface area contributed by atoms with Gasteiger partial charge in [-0.25, -0.2) is 0 Å². The summed E-state index contributed by atoms with van der Waals surface area (Å²) in [5.74, 6) is 0. The molecule has 0 saturated carbocycles. The van der Waals surface area contributed by atoms with Crippen molar-refractivity contribution in [2.45, 2.75) is 38.6 Å². The van der Waals surface area contributed by atoms with Gasteiger partial charge >= 0.3 is 0 Å². The van der Waals surface area contributed by atoms with Crippen LogP contribution < -0.4 is 0 Å². The second-order valence-electron chi connectivity index (χ2n) is 15.2. The number of hydrogen-bond acceptors (Lipinski definition) is 1. The Kier molecular flexibility index (Phi) is 6.60. The number of aromatic nitrogens is 2. The third-order valence-electron chi connectivity index (χ3n) is 11.1. The zero-order chi connectivity index (χ0) is 34.3. The molecule has 1 atom stereocenters. The number of pyridine rings is 1. The van der Waals surface area contributed by atoms with Gasteiger partial charge in [0.05, 0.1) is 6.04 Å². The van der Waals surface area contributed by atoms with Crippen molar-refractivity contribution in [3.8, 4) is 33.4 Å². The molecular weight excluding hydrogens is 617 g/mol. The van der Waals surface area contributed by atoms with E-state index < -0.39 is 0 Å². The molecule has 0 amide bonds. The topological polar surface area (TPSA) is 17.8 Å². The maximum atomic E-state index is 4.36. The van der Waals surface area contributed by atoms with E-state index in [0.717, 1.165) is 12.0 Å². The standard InChI is InChI=1S/C49H38N2/c1-49(2,3)37-26-34-19-22-40-42(32-17-15-31(16-18-32)36-10-9-25-50-30-36)29-43(41-23-20-35(27-37)47(34)48(40)41)33-21-24-46-44(28-33)39-13-7-8-14-45(39)51(46)38-11-5-4-6-12-38/h4-11,13-30,38H,12H2,1-3H3. The second kappa shape index (κ2) is 11.3. The van der Waals surface area contributed by atoms with Gasteiger partial charge < -0.3 is 4.57 Å². The van der Waals surface area contributed by atoms with E-state index in [1.165, 1.54) is 87.5 Å². The Morgan fingerprint density at radius 2 is 1.27 bits per heavy atom. The molecule has 51 heavy (non-hydrogen) atoms. The minimum absolute atomic E-state index is 0.0646. The van der Waals surface area contributed by atoms with Gasteiger partial charge in [0.15, 0.2) is 0 Å². The van der Waals surface area contributed by atoms with E-state index >= 15 is 0 Å². The van der Waals surface area contributed by atoms with Crippen LogP contribution in [0.15, 0.2) is 158 Å². The Hall–Kier alpha value is -5.99. The van der Waals surface area contributed by atoms with Crippen molar-refractivity contribution in [2.75, 3.05) is 0 Å². The van der Waals surface area contributed by atoms with E-state index in [1.807, 2.05) is 18.5 Å². The maximum Gasteiger partial charge on any atom is 0.0560 e. The number of nitrogens with zero attached hydrogens (tertiary/aromatic N) is 2. The lowest BCUT2D eigenvalue weighted by atomic mass is 9.81. The lowest BCUT2D eigenvalue weighted by molar-refractivity contribution is 0.591. The molecule has 0 saturated heterocycles. The average Bonchev–Trinajstić information content (AvgIpc) is 3.50. The molecule has 2 nitrogen and oxygen atoms in total. The molecular formula is C49H38N2. The van der Waals surface area contributed by atoms with Gasteiger partial charge in [0.1, 0.15) is 0 Å². The summed E-state index contributed by atoms with van der Waals surface area (Å²) in [6.45, 7) is 6.92. The summed E-state index contributed by atoms with van der Waals surface area (Å²) in [5, 5.41) is 10.5. The molecule has 0 fully saturated rings. The molecule has 0 aliphatic heterocycles. The van der Waals surface area contributed by atoms with Crippen molar-refractivity contribution >= 4 is 54.1 Å². The van der Waals surface area contributed by atoms with Crippen LogP contribution in [0.1, 0.15) is 38.8 Å². The number of para-hydroxylation sites is 1. The first-order chi connectivity index (χ1) is 24.9. The van der Waals surface area contributed by atoms with Crippen LogP contribution in [0.2, 0.25) is 0 Å². The fourth-order valence-electron chi connectivity index (χ4n) is 8.49. The van der Waals surface area contributed by atoms with Crippen molar-refractivity contribution in [3.05, 3.63) is 164 Å². The molecule has 2 aromatic heterocycles. The normalized spacial score (nSPS) is 14.9. The molecule has 1 aliphatic rings. The van der Waals surface area contributed by atoms with E-state index in [0.29, 0.717) is 6.04 Å². The Morgan fingerprint density at radius 1 is 0.569 bits per heavy atom. The summed E-state index contributed by atoms with van der Waals surface area (Å²) in [7, 11) is 0. The summed E-state index contributed by atoms with van der Waals surface area (Å²) >= 11 is 0. The molecule has 0 bridgehead atoms. The van der Waals surface area contributed by atoms with Gasteiger partial charge in [0, 0.05) is 34.2 Å². The van der Waals surface area contributed by atoms with Crippen LogP contribution in [-0.4, -0.2) is 9.55 Å². The number of allylic oxidation sites excluding steroid dienone is 4. The van der Waals surface area contributed by atoms with Crippen molar-refractivity contribution in [2.24, 2.45) is 0 Å². The highest BCUT2D eigenvalue weighted by Crippen LogP contribution is 2.46. The minimum Gasteiger partial charge on any atom is -0.333 e. The van der Waals surface area contributed by atoms with Crippen molar-refractivity contribution in [1.29, 1.82) is 0 Å². The van der Waals surface area contributed by atoms with Crippen LogP contribution in [0, 0.1) is 0 Å². The van der Waals surface area contributed by atoms with E-state index in [9.17, 15) is 0 Å². The molecule has 2 heterocycles. The van der Waals surface area contributed by atoms with E-state index in [-0.39, 0.29) is 5.41 Å². The van der Waals surface area contributed by atoms with Crippen LogP contribution in [0.3, 0.4) is 0 Å². The smallest absolute Gasteiger partial charge is 0.0560 e. The molecule has 244 valence electrons. The third-order valence-corrected chi connectivity index (χ3v) is 11.1.